The van der Waals surface area contributed by atoms with Gasteiger partial charge in [-0.25, -0.2) is 4.98 Å². The first kappa shape index (κ1) is 23.0. The van der Waals surface area contributed by atoms with Crippen LogP contribution < -0.4 is 15.5 Å². The molecule has 2 aromatic rings. The molecule has 1 saturated heterocycles. The van der Waals surface area contributed by atoms with E-state index in [0.717, 1.165) is 47.9 Å². The zero-order valence-corrected chi connectivity index (χ0v) is 19.9. The molecule has 1 aliphatic heterocycles. The number of thioether (sulfide) groups is 1. The molecule has 2 heterocycles. The van der Waals surface area contributed by atoms with Gasteiger partial charge >= 0.3 is 0 Å². The first-order valence-electron chi connectivity index (χ1n) is 10.1. The van der Waals surface area contributed by atoms with Gasteiger partial charge in [0.25, 0.3) is 0 Å². The predicted molar refractivity (Wildman–Crippen MR) is 128 cm³/mol. The average molecular weight is 467 g/mol. The highest BCUT2D eigenvalue weighted by molar-refractivity contribution is 7.98. The van der Waals surface area contributed by atoms with Crippen molar-refractivity contribution in [2.75, 3.05) is 36.6 Å². The van der Waals surface area contributed by atoms with E-state index in [2.05, 4.69) is 32.8 Å². The van der Waals surface area contributed by atoms with Crippen molar-refractivity contribution in [3.63, 3.8) is 0 Å². The number of benzene rings is 1. The minimum Gasteiger partial charge on any atom is -0.385 e. The Hall–Kier alpha value is -1.63. The number of amides is 1. The molecular formula is C22H28Cl2N4OS. The molecule has 0 saturated carbocycles. The van der Waals surface area contributed by atoms with E-state index in [4.69, 9.17) is 23.2 Å². The van der Waals surface area contributed by atoms with E-state index < -0.39 is 0 Å². The molecule has 0 aliphatic carbocycles. The summed E-state index contributed by atoms with van der Waals surface area (Å²) in [7, 11) is 1.93. The van der Waals surface area contributed by atoms with Crippen LogP contribution in [-0.2, 0) is 4.79 Å². The van der Waals surface area contributed by atoms with Crippen molar-refractivity contribution < 1.29 is 4.79 Å². The zero-order valence-electron chi connectivity index (χ0n) is 17.5. The third-order valence-electron chi connectivity index (χ3n) is 5.54. The van der Waals surface area contributed by atoms with Crippen molar-refractivity contribution in [3.05, 3.63) is 46.1 Å². The molecule has 1 aliphatic rings. The third-order valence-corrected chi connectivity index (χ3v) is 6.80. The number of pyridine rings is 1. The molecule has 1 fully saturated rings. The van der Waals surface area contributed by atoms with Gasteiger partial charge in [-0.3, -0.25) is 4.79 Å². The second-order valence-corrected chi connectivity index (χ2v) is 9.31. The average Bonchev–Trinajstić information content (AvgIpc) is 2.73. The first-order chi connectivity index (χ1) is 14.4. The van der Waals surface area contributed by atoms with Crippen LogP contribution in [0.15, 0.2) is 35.4 Å². The second-order valence-electron chi connectivity index (χ2n) is 7.59. The molecule has 0 bridgehead atoms. The van der Waals surface area contributed by atoms with Gasteiger partial charge in [0.15, 0.2) is 5.82 Å². The summed E-state index contributed by atoms with van der Waals surface area (Å²) in [6.07, 6.45) is 6.44. The van der Waals surface area contributed by atoms with E-state index in [9.17, 15) is 4.79 Å². The standard InChI is InChI=1S/C22H28Cl2N4OS/c1-14(18-5-4-16(23)11-19(18)24)27-21(29)10-15-6-8-28(9-7-15)22-20(25-2)12-17(30-3)13-26-22/h4-5,11-15,25H,6-10H2,1-3H3,(H,27,29). The highest BCUT2D eigenvalue weighted by atomic mass is 35.5. The zero-order chi connectivity index (χ0) is 21.7. The molecule has 1 aromatic carbocycles. The molecular weight excluding hydrogens is 439 g/mol. The number of hydrogen-bond donors (Lipinski definition) is 2. The van der Waals surface area contributed by atoms with Gasteiger partial charge < -0.3 is 15.5 Å². The van der Waals surface area contributed by atoms with Crippen LogP contribution in [0.1, 0.15) is 37.8 Å². The molecule has 1 amide bonds. The monoisotopic (exact) mass is 466 g/mol. The number of piperidine rings is 1. The second kappa shape index (κ2) is 10.6. The van der Waals surface area contributed by atoms with Gasteiger partial charge in [0.2, 0.25) is 5.91 Å². The molecule has 0 spiro atoms. The molecule has 3 rings (SSSR count). The van der Waals surface area contributed by atoms with Crippen molar-refractivity contribution in [1.82, 2.24) is 10.3 Å². The summed E-state index contributed by atoms with van der Waals surface area (Å²) in [5, 5.41) is 7.49. The van der Waals surface area contributed by atoms with Crippen LogP contribution in [0.25, 0.3) is 0 Å². The minimum atomic E-state index is -0.153. The van der Waals surface area contributed by atoms with E-state index in [-0.39, 0.29) is 11.9 Å². The van der Waals surface area contributed by atoms with Gasteiger partial charge in [0, 0.05) is 47.7 Å². The van der Waals surface area contributed by atoms with Gasteiger partial charge in [-0.2, -0.15) is 0 Å². The fourth-order valence-electron chi connectivity index (χ4n) is 3.83. The maximum absolute atomic E-state index is 12.6. The predicted octanol–water partition coefficient (Wildman–Crippen LogP) is 5.64. The van der Waals surface area contributed by atoms with Crippen LogP contribution in [0.3, 0.4) is 0 Å². The molecule has 0 radical (unpaired) electrons. The maximum atomic E-state index is 12.6. The number of aromatic nitrogens is 1. The lowest BCUT2D eigenvalue weighted by atomic mass is 9.93. The normalized spacial score (nSPS) is 15.7. The number of rotatable bonds is 7. The summed E-state index contributed by atoms with van der Waals surface area (Å²) in [4.78, 5) is 20.7. The fourth-order valence-corrected chi connectivity index (χ4v) is 4.79. The smallest absolute Gasteiger partial charge is 0.220 e. The summed E-state index contributed by atoms with van der Waals surface area (Å²) < 4.78 is 0. The van der Waals surface area contributed by atoms with Gasteiger partial charge in [0.05, 0.1) is 11.7 Å². The number of carbonyl (C=O) groups excluding carboxylic acids is 1. The quantitative estimate of drug-likeness (QED) is 0.517. The fraction of sp³-hybridized carbons (Fsp3) is 0.455. The topological polar surface area (TPSA) is 57.3 Å². The van der Waals surface area contributed by atoms with Gasteiger partial charge in [-0.15, -0.1) is 11.8 Å². The highest BCUT2D eigenvalue weighted by Gasteiger charge is 2.24. The Balaban J connectivity index is 1.52. The SMILES string of the molecule is CNc1cc(SC)cnc1N1CCC(CC(=O)NC(C)c2ccc(Cl)cc2Cl)CC1. The van der Waals surface area contributed by atoms with E-state index >= 15 is 0 Å². The summed E-state index contributed by atoms with van der Waals surface area (Å²) >= 11 is 13.9. The summed E-state index contributed by atoms with van der Waals surface area (Å²) in [5.41, 5.74) is 1.93. The molecule has 5 nitrogen and oxygen atoms in total. The molecule has 162 valence electrons. The molecule has 2 N–H and O–H groups in total. The summed E-state index contributed by atoms with van der Waals surface area (Å²) in [6.45, 7) is 3.74. The van der Waals surface area contributed by atoms with Crippen molar-refractivity contribution in [2.45, 2.75) is 37.1 Å². The Morgan fingerprint density at radius 1 is 1.30 bits per heavy atom. The number of halogens is 2. The Morgan fingerprint density at radius 3 is 2.67 bits per heavy atom. The van der Waals surface area contributed by atoms with Gasteiger partial charge in [0.1, 0.15) is 0 Å². The number of nitrogens with one attached hydrogen (secondary N) is 2. The van der Waals surface area contributed by atoms with E-state index in [1.54, 1.807) is 23.9 Å². The van der Waals surface area contributed by atoms with Crippen molar-refractivity contribution in [3.8, 4) is 0 Å². The van der Waals surface area contributed by atoms with E-state index in [1.807, 2.05) is 26.2 Å². The maximum Gasteiger partial charge on any atom is 0.220 e. The third kappa shape index (κ3) is 5.74. The first-order valence-corrected chi connectivity index (χ1v) is 12.1. The van der Waals surface area contributed by atoms with Gasteiger partial charge in [-0.1, -0.05) is 29.3 Å². The van der Waals surface area contributed by atoms with Crippen LogP contribution >= 0.6 is 35.0 Å². The van der Waals surface area contributed by atoms with Crippen LogP contribution in [0, 0.1) is 5.92 Å². The van der Waals surface area contributed by atoms with Gasteiger partial charge in [-0.05, 0) is 55.7 Å². The van der Waals surface area contributed by atoms with Crippen molar-refractivity contribution in [2.24, 2.45) is 5.92 Å². The van der Waals surface area contributed by atoms with Crippen molar-refractivity contribution >= 4 is 52.4 Å². The largest absolute Gasteiger partial charge is 0.385 e. The Kier molecular flexibility index (Phi) is 8.14. The number of nitrogens with zero attached hydrogens (tertiary/aromatic N) is 2. The van der Waals surface area contributed by atoms with Crippen molar-refractivity contribution in [1.29, 1.82) is 0 Å². The molecule has 1 unspecified atom stereocenters. The summed E-state index contributed by atoms with van der Waals surface area (Å²) in [6, 6.07) is 7.34. The lowest BCUT2D eigenvalue weighted by molar-refractivity contribution is -0.122. The number of hydrogen-bond acceptors (Lipinski definition) is 5. The highest BCUT2D eigenvalue weighted by Crippen LogP contribution is 2.31. The van der Waals surface area contributed by atoms with Crippen LogP contribution in [0.4, 0.5) is 11.5 Å². The molecule has 1 aromatic heterocycles. The van der Waals surface area contributed by atoms with E-state index in [0.29, 0.717) is 22.4 Å². The van der Waals surface area contributed by atoms with Crippen LogP contribution in [0.2, 0.25) is 10.0 Å². The van der Waals surface area contributed by atoms with Crippen LogP contribution in [-0.4, -0.2) is 37.3 Å². The molecule has 1 atom stereocenters. The Morgan fingerprint density at radius 2 is 2.03 bits per heavy atom. The number of carbonyl (C=O) groups is 1. The summed E-state index contributed by atoms with van der Waals surface area (Å²) in [5.74, 6) is 1.42. The van der Waals surface area contributed by atoms with E-state index in [1.165, 1.54) is 0 Å². The number of anilines is 2. The van der Waals surface area contributed by atoms with Crippen LogP contribution in [0.5, 0.6) is 0 Å². The lowest BCUT2D eigenvalue weighted by Gasteiger charge is -2.33. The minimum absolute atomic E-state index is 0.0605. The Labute approximate surface area is 192 Å². The molecule has 8 heteroatoms. The Bertz CT molecular complexity index is 887. The lowest BCUT2D eigenvalue weighted by Crippen LogP contribution is -2.37. The molecule has 30 heavy (non-hydrogen) atoms.